The number of Topliss-reactive ketones (excluding diaryl/α,β-unsaturated/α-hetero) is 1. The van der Waals surface area contributed by atoms with Crippen LogP contribution in [0.25, 0.3) is 0 Å². The van der Waals surface area contributed by atoms with Gasteiger partial charge in [0.25, 0.3) is 10.1 Å². The van der Waals surface area contributed by atoms with E-state index in [1.807, 2.05) is 6.07 Å². The minimum atomic E-state index is -4.04. The van der Waals surface area contributed by atoms with Crippen LogP contribution in [0.15, 0.2) is 0 Å². The van der Waals surface area contributed by atoms with Crippen LogP contribution in [-0.4, -0.2) is 24.5 Å². The second kappa shape index (κ2) is 5.67. The van der Waals surface area contributed by atoms with Crippen molar-refractivity contribution in [3.05, 3.63) is 0 Å². The zero-order chi connectivity index (χ0) is 10.3. The van der Waals surface area contributed by atoms with Gasteiger partial charge in [-0.1, -0.05) is 0 Å². The molecule has 0 aliphatic rings. The van der Waals surface area contributed by atoms with Crippen LogP contribution in [0, 0.1) is 11.3 Å². The number of nitriles is 1. The van der Waals surface area contributed by atoms with E-state index in [-0.39, 0.29) is 25.0 Å². The van der Waals surface area contributed by atoms with Crippen LogP contribution in [0.3, 0.4) is 0 Å². The zero-order valence-corrected chi connectivity index (χ0v) is 7.88. The van der Waals surface area contributed by atoms with E-state index in [0.717, 1.165) is 0 Å². The summed E-state index contributed by atoms with van der Waals surface area (Å²) in [4.78, 5) is 10.9. The molecule has 6 heteroatoms. The summed E-state index contributed by atoms with van der Waals surface area (Å²) in [5.74, 6) is -0.772. The van der Waals surface area contributed by atoms with Crippen molar-refractivity contribution in [1.82, 2.24) is 0 Å². The fourth-order valence-corrected chi connectivity index (χ4v) is 1.22. The van der Waals surface area contributed by atoms with Crippen LogP contribution >= 0.6 is 0 Å². The Morgan fingerprint density at radius 3 is 2.46 bits per heavy atom. The van der Waals surface area contributed by atoms with Crippen molar-refractivity contribution in [2.24, 2.45) is 0 Å². The van der Waals surface area contributed by atoms with Gasteiger partial charge in [0, 0.05) is 19.3 Å². The quantitative estimate of drug-likeness (QED) is 0.504. The highest BCUT2D eigenvalue weighted by Gasteiger charge is 2.08. The summed E-state index contributed by atoms with van der Waals surface area (Å²) >= 11 is 0. The molecule has 0 unspecified atom stereocenters. The smallest absolute Gasteiger partial charge is 0.265 e. The SMILES string of the molecule is N#CCCCC(=O)CCS(=O)(=O)O. The van der Waals surface area contributed by atoms with E-state index >= 15 is 0 Å². The first-order valence-corrected chi connectivity index (χ1v) is 5.40. The first-order chi connectivity index (χ1) is 5.95. The topological polar surface area (TPSA) is 95.2 Å². The first-order valence-electron chi connectivity index (χ1n) is 3.79. The maximum atomic E-state index is 10.9. The molecule has 0 bridgehead atoms. The lowest BCUT2D eigenvalue weighted by atomic mass is 10.1. The molecule has 0 atom stereocenters. The number of hydrogen-bond donors (Lipinski definition) is 1. The number of hydrogen-bond acceptors (Lipinski definition) is 4. The lowest BCUT2D eigenvalue weighted by Crippen LogP contribution is -2.09. The van der Waals surface area contributed by atoms with Crippen molar-refractivity contribution >= 4 is 15.9 Å². The molecule has 0 aromatic rings. The number of unbranched alkanes of at least 4 members (excludes halogenated alkanes) is 1. The highest BCUT2D eigenvalue weighted by Crippen LogP contribution is 1.99. The van der Waals surface area contributed by atoms with Gasteiger partial charge in [0.15, 0.2) is 0 Å². The predicted octanol–water partition coefficient (Wildman–Crippen LogP) is 0.527. The van der Waals surface area contributed by atoms with Crippen LogP contribution in [-0.2, 0) is 14.9 Å². The molecule has 1 N–H and O–H groups in total. The van der Waals surface area contributed by atoms with Crippen LogP contribution in [0.5, 0.6) is 0 Å². The Morgan fingerprint density at radius 2 is 2.00 bits per heavy atom. The number of ketones is 1. The monoisotopic (exact) mass is 205 g/mol. The first kappa shape index (κ1) is 12.1. The lowest BCUT2D eigenvalue weighted by molar-refractivity contribution is -0.118. The number of carbonyl (C=O) groups excluding carboxylic acids is 1. The highest BCUT2D eigenvalue weighted by atomic mass is 32.2. The molecule has 0 amide bonds. The molecule has 0 saturated carbocycles. The lowest BCUT2D eigenvalue weighted by Gasteiger charge is -1.96. The summed E-state index contributed by atoms with van der Waals surface area (Å²) in [5, 5.41) is 8.14. The zero-order valence-electron chi connectivity index (χ0n) is 7.06. The predicted molar refractivity (Wildman–Crippen MR) is 45.5 cm³/mol. The molecule has 13 heavy (non-hydrogen) atoms. The molecule has 0 heterocycles. The van der Waals surface area contributed by atoms with Crippen LogP contribution in [0.2, 0.25) is 0 Å². The van der Waals surface area contributed by atoms with Crippen molar-refractivity contribution in [2.75, 3.05) is 5.75 Å². The summed E-state index contributed by atoms with van der Waals surface area (Å²) in [6.07, 6.45) is 0.756. The van der Waals surface area contributed by atoms with Gasteiger partial charge in [0.05, 0.1) is 11.8 Å². The molecule has 0 saturated heterocycles. The van der Waals surface area contributed by atoms with Crippen molar-refractivity contribution in [3.8, 4) is 6.07 Å². The molecule has 74 valence electrons. The largest absolute Gasteiger partial charge is 0.300 e. The molecule has 0 aliphatic heterocycles. The Morgan fingerprint density at radius 1 is 1.38 bits per heavy atom. The fourth-order valence-electron chi connectivity index (χ4n) is 0.732. The number of carbonyl (C=O) groups is 1. The Labute approximate surface area is 77.1 Å². The number of rotatable bonds is 6. The van der Waals surface area contributed by atoms with Gasteiger partial charge in [-0.25, -0.2) is 0 Å². The average molecular weight is 205 g/mol. The average Bonchev–Trinajstić information content (AvgIpc) is 2.00. The minimum absolute atomic E-state index is 0.176. The van der Waals surface area contributed by atoms with Crippen LogP contribution in [0.4, 0.5) is 0 Å². The van der Waals surface area contributed by atoms with E-state index < -0.39 is 15.9 Å². The van der Waals surface area contributed by atoms with E-state index in [1.54, 1.807) is 0 Å². The number of nitrogens with zero attached hydrogens (tertiary/aromatic N) is 1. The van der Waals surface area contributed by atoms with E-state index in [4.69, 9.17) is 9.81 Å². The third-order valence-corrected chi connectivity index (χ3v) is 2.10. The Kier molecular flexibility index (Phi) is 5.26. The molecular weight excluding hydrogens is 194 g/mol. The summed E-state index contributed by atoms with van der Waals surface area (Å²) in [6, 6.07) is 1.88. The third kappa shape index (κ3) is 8.98. The van der Waals surface area contributed by atoms with Gasteiger partial charge in [-0.2, -0.15) is 13.7 Å². The second-order valence-electron chi connectivity index (χ2n) is 2.59. The molecule has 0 aromatic carbocycles. The normalized spacial score (nSPS) is 10.8. The molecular formula is C7H11NO4S. The van der Waals surface area contributed by atoms with Crippen molar-refractivity contribution in [2.45, 2.75) is 25.7 Å². The molecule has 0 aliphatic carbocycles. The Hall–Kier alpha value is -0.930. The maximum Gasteiger partial charge on any atom is 0.265 e. The molecule has 0 aromatic heterocycles. The molecule has 0 spiro atoms. The molecule has 0 fully saturated rings. The van der Waals surface area contributed by atoms with Gasteiger partial charge < -0.3 is 0 Å². The van der Waals surface area contributed by atoms with E-state index in [1.165, 1.54) is 0 Å². The van der Waals surface area contributed by atoms with Crippen molar-refractivity contribution < 1.29 is 17.8 Å². The molecule has 0 rings (SSSR count). The molecule has 5 nitrogen and oxygen atoms in total. The van der Waals surface area contributed by atoms with E-state index in [0.29, 0.717) is 6.42 Å². The fraction of sp³-hybridized carbons (Fsp3) is 0.714. The van der Waals surface area contributed by atoms with Gasteiger partial charge in [0.1, 0.15) is 5.78 Å². The van der Waals surface area contributed by atoms with Gasteiger partial charge in [-0.3, -0.25) is 9.35 Å². The Balaban J connectivity index is 3.60. The van der Waals surface area contributed by atoms with E-state index in [9.17, 15) is 13.2 Å². The highest BCUT2D eigenvalue weighted by molar-refractivity contribution is 7.85. The van der Waals surface area contributed by atoms with Crippen molar-refractivity contribution in [3.63, 3.8) is 0 Å². The third-order valence-electron chi connectivity index (χ3n) is 1.38. The minimum Gasteiger partial charge on any atom is -0.300 e. The van der Waals surface area contributed by atoms with E-state index in [2.05, 4.69) is 0 Å². The summed E-state index contributed by atoms with van der Waals surface area (Å²) in [5.41, 5.74) is 0. The van der Waals surface area contributed by atoms with Gasteiger partial charge in [-0.15, -0.1) is 0 Å². The van der Waals surface area contributed by atoms with Crippen LogP contribution in [0.1, 0.15) is 25.7 Å². The second-order valence-corrected chi connectivity index (χ2v) is 4.16. The van der Waals surface area contributed by atoms with Crippen molar-refractivity contribution in [1.29, 1.82) is 5.26 Å². The summed E-state index contributed by atoms with van der Waals surface area (Å²) in [6.45, 7) is 0. The summed E-state index contributed by atoms with van der Waals surface area (Å²) in [7, 11) is -4.04. The Bertz CT molecular complexity index is 301. The molecule has 0 radical (unpaired) electrons. The van der Waals surface area contributed by atoms with Gasteiger partial charge >= 0.3 is 0 Å². The maximum absolute atomic E-state index is 10.9. The van der Waals surface area contributed by atoms with Gasteiger partial charge in [0.2, 0.25) is 0 Å². The summed E-state index contributed by atoms with van der Waals surface area (Å²) < 4.78 is 28.7. The van der Waals surface area contributed by atoms with Gasteiger partial charge in [-0.05, 0) is 6.42 Å². The van der Waals surface area contributed by atoms with Crippen LogP contribution < -0.4 is 0 Å². The standard InChI is InChI=1S/C7H11NO4S/c8-5-2-1-3-7(9)4-6-13(10,11)12/h1-4,6H2,(H,10,11,12).